The number of carbonyl (C=O) groups excluding carboxylic acids is 4. The maximum Gasteiger partial charge on any atom is 0.416 e. The summed E-state index contributed by atoms with van der Waals surface area (Å²) in [5, 5.41) is 18.8. The number of pyridine rings is 1. The molecule has 242 valence electrons. The Balaban J connectivity index is 1.72. The number of nitrogens with zero attached hydrogens (tertiary/aromatic N) is 2. The van der Waals surface area contributed by atoms with Crippen LogP contribution in [0.25, 0.3) is 10.9 Å². The molecule has 13 nitrogen and oxygen atoms in total. The third-order valence-corrected chi connectivity index (χ3v) is 6.67. The topological polar surface area (TPSA) is 219 Å². The van der Waals surface area contributed by atoms with Crippen LogP contribution in [0.4, 0.5) is 18.9 Å². The van der Waals surface area contributed by atoms with E-state index in [1.54, 1.807) is 36.5 Å². The fraction of sp³-hybridized carbons (Fsp3) is 0.345. The molecule has 0 radical (unpaired) electrons. The molecule has 0 aliphatic heterocycles. The van der Waals surface area contributed by atoms with Crippen molar-refractivity contribution in [2.45, 2.75) is 30.8 Å². The van der Waals surface area contributed by atoms with Crippen molar-refractivity contribution in [2.75, 3.05) is 38.0 Å². The van der Waals surface area contributed by atoms with Gasteiger partial charge >= 0.3 is 6.18 Å². The summed E-state index contributed by atoms with van der Waals surface area (Å²) >= 11 is 0. The van der Waals surface area contributed by atoms with Gasteiger partial charge in [-0.15, -0.1) is 0 Å². The number of hydrogen-bond acceptors (Lipinski definition) is 9. The van der Waals surface area contributed by atoms with E-state index >= 15 is 0 Å². The lowest BCUT2D eigenvalue weighted by molar-refractivity contribution is -0.137. The molecule has 45 heavy (non-hydrogen) atoms. The second kappa shape index (κ2) is 15.9. The summed E-state index contributed by atoms with van der Waals surface area (Å²) < 4.78 is 39.2. The first-order valence-corrected chi connectivity index (χ1v) is 13.9. The average molecular weight is 633 g/mol. The van der Waals surface area contributed by atoms with E-state index in [4.69, 9.17) is 17.2 Å². The summed E-state index contributed by atoms with van der Waals surface area (Å²) in [6.45, 7) is 0.0966. The van der Waals surface area contributed by atoms with Crippen molar-refractivity contribution in [3.8, 4) is 0 Å². The van der Waals surface area contributed by atoms with Gasteiger partial charge in [-0.2, -0.15) is 13.2 Å². The molecule has 3 aromatic rings. The number of aromatic nitrogens is 1. The van der Waals surface area contributed by atoms with Crippen LogP contribution in [0.2, 0.25) is 0 Å². The van der Waals surface area contributed by atoms with Crippen LogP contribution in [-0.4, -0.2) is 83.4 Å². The second-order valence-corrected chi connectivity index (χ2v) is 10.00. The molecule has 0 unspecified atom stereocenters. The van der Waals surface area contributed by atoms with Crippen molar-refractivity contribution in [3.63, 3.8) is 0 Å². The zero-order valence-corrected chi connectivity index (χ0v) is 24.1. The van der Waals surface area contributed by atoms with Gasteiger partial charge in [0.25, 0.3) is 0 Å². The molecule has 1 heterocycles. The van der Waals surface area contributed by atoms with Crippen molar-refractivity contribution in [2.24, 2.45) is 17.2 Å². The van der Waals surface area contributed by atoms with Gasteiger partial charge in [-0.1, -0.05) is 18.2 Å². The molecule has 0 fully saturated rings. The lowest BCUT2D eigenvalue weighted by atomic mass is 9.99. The van der Waals surface area contributed by atoms with Gasteiger partial charge in [-0.05, 0) is 42.0 Å². The van der Waals surface area contributed by atoms with E-state index in [0.29, 0.717) is 16.6 Å². The van der Waals surface area contributed by atoms with Crippen LogP contribution in [-0.2, 0) is 25.4 Å². The molecule has 10 N–H and O–H groups in total. The molecule has 0 aliphatic carbocycles. The Morgan fingerprint density at radius 2 is 1.62 bits per heavy atom. The standard InChI is InChI=1S/C29H35F3N8O5/c30-29(31,32)19-5-3-17(4-6-19)26(43)25(28(45)38-20-7-8-22-18(14-20)2-1-11-36-22)39-23(41)16-37-27(44)21(35)15-24(42)40(12-9-33)13-10-34/h1-8,11,14,21,25-26,43H,9-10,12-13,15-16,33-35H2,(H,37,44)(H,38,45)(H,39,41)/t21-,25-,26+/m0/s1. The van der Waals surface area contributed by atoms with Crippen LogP contribution < -0.4 is 33.2 Å². The predicted octanol–water partition coefficient (Wildman–Crippen LogP) is -0.00990. The zero-order valence-electron chi connectivity index (χ0n) is 24.1. The number of nitrogens with one attached hydrogen (secondary N) is 3. The van der Waals surface area contributed by atoms with Gasteiger partial charge in [0.2, 0.25) is 23.6 Å². The molecule has 0 saturated heterocycles. The van der Waals surface area contributed by atoms with Gasteiger partial charge in [0.15, 0.2) is 0 Å². The summed E-state index contributed by atoms with van der Waals surface area (Å²) in [7, 11) is 0. The monoisotopic (exact) mass is 632 g/mol. The van der Waals surface area contributed by atoms with Crippen LogP contribution in [0.3, 0.4) is 0 Å². The number of rotatable bonds is 14. The first-order valence-electron chi connectivity index (χ1n) is 13.9. The van der Waals surface area contributed by atoms with Gasteiger partial charge in [-0.25, -0.2) is 0 Å². The SMILES string of the molecule is NCCN(CCN)C(=O)C[C@H](N)C(=O)NCC(=O)N[C@H](C(=O)Nc1ccc2ncccc2c1)[C@H](O)c1ccc(C(F)(F)F)cc1. The minimum atomic E-state index is -4.63. The Morgan fingerprint density at radius 3 is 2.24 bits per heavy atom. The Hall–Kier alpha value is -4.64. The molecule has 1 aromatic heterocycles. The van der Waals surface area contributed by atoms with Gasteiger partial charge in [0.05, 0.1) is 30.1 Å². The number of carbonyl (C=O) groups is 4. The quantitative estimate of drug-likeness (QED) is 0.127. The number of aliphatic hydroxyl groups excluding tert-OH is 1. The van der Waals surface area contributed by atoms with Gasteiger partial charge in [0.1, 0.15) is 12.1 Å². The Kier molecular flexibility index (Phi) is 12.3. The van der Waals surface area contributed by atoms with Crippen LogP contribution >= 0.6 is 0 Å². The highest BCUT2D eigenvalue weighted by Crippen LogP contribution is 2.30. The third kappa shape index (κ3) is 9.94. The normalized spacial score (nSPS) is 13.4. The Bertz CT molecular complexity index is 1480. The molecule has 2 aromatic carbocycles. The van der Waals surface area contributed by atoms with Gasteiger partial charge in [0, 0.05) is 43.4 Å². The van der Waals surface area contributed by atoms with E-state index in [2.05, 4.69) is 20.9 Å². The van der Waals surface area contributed by atoms with E-state index < -0.39 is 60.1 Å². The smallest absolute Gasteiger partial charge is 0.386 e. The number of halogens is 3. The number of amides is 4. The summed E-state index contributed by atoms with van der Waals surface area (Å²) in [6, 6.07) is 8.65. The van der Waals surface area contributed by atoms with Crippen LogP contribution in [0.1, 0.15) is 23.7 Å². The molecule has 16 heteroatoms. The number of benzene rings is 2. The van der Waals surface area contributed by atoms with Crippen molar-refractivity contribution in [1.29, 1.82) is 0 Å². The fourth-order valence-corrected chi connectivity index (χ4v) is 4.33. The van der Waals surface area contributed by atoms with Gasteiger partial charge < -0.3 is 43.2 Å². The number of alkyl halides is 3. The van der Waals surface area contributed by atoms with Crippen LogP contribution in [0.5, 0.6) is 0 Å². The summed E-state index contributed by atoms with van der Waals surface area (Å²) in [5.41, 5.74) is 16.7. The highest BCUT2D eigenvalue weighted by molar-refractivity contribution is 6.00. The number of anilines is 1. The molecule has 0 bridgehead atoms. The highest BCUT2D eigenvalue weighted by Gasteiger charge is 2.33. The summed E-state index contributed by atoms with van der Waals surface area (Å²) in [5.74, 6) is -3.12. The van der Waals surface area contributed by atoms with E-state index in [1.807, 2.05) is 0 Å². The van der Waals surface area contributed by atoms with Crippen molar-refractivity contribution >= 4 is 40.2 Å². The number of hydrogen-bond donors (Lipinski definition) is 7. The summed E-state index contributed by atoms with van der Waals surface area (Å²) in [4.78, 5) is 56.6. The number of aliphatic hydroxyl groups is 1. The van der Waals surface area contributed by atoms with Crippen molar-refractivity contribution in [3.05, 3.63) is 71.9 Å². The Morgan fingerprint density at radius 1 is 0.956 bits per heavy atom. The minimum absolute atomic E-state index is 0.0877. The predicted molar refractivity (Wildman–Crippen MR) is 159 cm³/mol. The minimum Gasteiger partial charge on any atom is -0.386 e. The second-order valence-electron chi connectivity index (χ2n) is 10.00. The molecular weight excluding hydrogens is 597 g/mol. The molecular formula is C29H35F3N8O5. The molecule has 4 amide bonds. The maximum absolute atomic E-state index is 13.3. The van der Waals surface area contributed by atoms with Crippen LogP contribution in [0.15, 0.2) is 60.8 Å². The van der Waals surface area contributed by atoms with Crippen LogP contribution in [0, 0.1) is 0 Å². The number of fused-ring (bicyclic) bond motifs is 1. The third-order valence-electron chi connectivity index (χ3n) is 6.67. The summed E-state index contributed by atoms with van der Waals surface area (Å²) in [6.07, 6.45) is -5.21. The first-order chi connectivity index (χ1) is 21.3. The molecule has 0 spiro atoms. The van der Waals surface area contributed by atoms with E-state index in [-0.39, 0.29) is 38.2 Å². The zero-order chi connectivity index (χ0) is 33.1. The highest BCUT2D eigenvalue weighted by atomic mass is 19.4. The molecule has 0 aliphatic rings. The number of nitrogens with two attached hydrogens (primary N) is 3. The molecule has 0 saturated carbocycles. The first kappa shape index (κ1) is 34.8. The van der Waals surface area contributed by atoms with Crippen molar-refractivity contribution < 1.29 is 37.5 Å². The lowest BCUT2D eigenvalue weighted by Crippen LogP contribution is -2.52. The molecule has 3 rings (SSSR count). The fourth-order valence-electron chi connectivity index (χ4n) is 4.33. The average Bonchev–Trinajstić information content (AvgIpc) is 3.01. The molecule has 3 atom stereocenters. The largest absolute Gasteiger partial charge is 0.416 e. The van der Waals surface area contributed by atoms with E-state index in [1.165, 1.54) is 4.90 Å². The van der Waals surface area contributed by atoms with E-state index in [9.17, 15) is 37.5 Å². The van der Waals surface area contributed by atoms with E-state index in [0.717, 1.165) is 24.3 Å². The maximum atomic E-state index is 13.3. The Labute approximate surface area is 256 Å². The lowest BCUT2D eigenvalue weighted by Gasteiger charge is -2.25. The van der Waals surface area contributed by atoms with Gasteiger partial charge in [-0.3, -0.25) is 24.2 Å². The van der Waals surface area contributed by atoms with Crippen molar-refractivity contribution in [1.82, 2.24) is 20.5 Å².